The first-order valence-corrected chi connectivity index (χ1v) is 11.5. The molecular weight excluding hydrogens is 408 g/mol. The number of phenolic OH excluding ortho intramolecular Hbond substituents is 1. The first-order valence-electron chi connectivity index (χ1n) is 11.5. The summed E-state index contributed by atoms with van der Waals surface area (Å²) in [6, 6.07) is 7.36. The Kier molecular flexibility index (Phi) is 5.58. The molecule has 1 aromatic heterocycles. The zero-order valence-electron chi connectivity index (χ0n) is 18.1. The number of carbonyl (C=O) groups excluding carboxylic acids is 2. The largest absolute Gasteiger partial charge is 0.508 e. The molecule has 9 heteroatoms. The molecule has 4 fully saturated rings. The van der Waals surface area contributed by atoms with Gasteiger partial charge < -0.3 is 15.7 Å². The van der Waals surface area contributed by atoms with Gasteiger partial charge in [0.2, 0.25) is 11.8 Å². The summed E-state index contributed by atoms with van der Waals surface area (Å²) < 4.78 is 1.87. The average Bonchev–Trinajstić information content (AvgIpc) is 3.27. The maximum atomic E-state index is 13.2. The van der Waals surface area contributed by atoms with Gasteiger partial charge in [0.1, 0.15) is 11.4 Å². The number of piperidine rings is 4. The minimum Gasteiger partial charge on any atom is -0.508 e. The second-order valence-electron chi connectivity index (χ2n) is 9.42. The topological polar surface area (TPSA) is 118 Å². The number of phenols is 1. The first kappa shape index (κ1) is 20.9. The molecule has 32 heavy (non-hydrogen) atoms. The molecule has 6 rings (SSSR count). The summed E-state index contributed by atoms with van der Waals surface area (Å²) in [5.41, 5.74) is 7.01. The van der Waals surface area contributed by atoms with Crippen LogP contribution in [-0.2, 0) is 16.1 Å². The maximum Gasteiger partial charge on any atom is 0.227 e. The summed E-state index contributed by atoms with van der Waals surface area (Å²) in [6.07, 6.45) is 5.31. The Morgan fingerprint density at radius 2 is 1.97 bits per heavy atom. The maximum absolute atomic E-state index is 13.2. The van der Waals surface area contributed by atoms with E-state index in [4.69, 9.17) is 5.73 Å². The lowest BCUT2D eigenvalue weighted by Gasteiger charge is -2.50. The number of nitrogens with zero attached hydrogens (tertiary/aromatic N) is 5. The number of hydrogen-bond acceptors (Lipinski definition) is 6. The average molecular weight is 439 g/mol. The molecule has 4 saturated heterocycles. The normalized spacial score (nSPS) is 28.1. The van der Waals surface area contributed by atoms with Gasteiger partial charge in [-0.25, -0.2) is 0 Å². The highest BCUT2D eigenvalue weighted by atomic mass is 16.3. The van der Waals surface area contributed by atoms with Crippen molar-refractivity contribution in [3.8, 4) is 17.0 Å². The highest BCUT2D eigenvalue weighted by Gasteiger charge is 2.45. The van der Waals surface area contributed by atoms with Gasteiger partial charge >= 0.3 is 0 Å². The molecule has 0 saturated carbocycles. The van der Waals surface area contributed by atoms with Crippen molar-refractivity contribution in [3.05, 3.63) is 30.5 Å². The summed E-state index contributed by atoms with van der Waals surface area (Å²) in [7, 11) is 0. The first-order chi connectivity index (χ1) is 15.5. The number of likely N-dealkylation sites (tertiary alicyclic amines) is 1. The number of amides is 2. The van der Waals surface area contributed by atoms with E-state index in [-0.39, 0.29) is 29.4 Å². The summed E-state index contributed by atoms with van der Waals surface area (Å²) in [6.45, 7) is 3.81. The minimum atomic E-state index is -0.247. The molecule has 1 aromatic carbocycles. The van der Waals surface area contributed by atoms with Gasteiger partial charge in [-0.2, -0.15) is 0 Å². The number of hydrogen-bond donors (Lipinski definition) is 2. The number of benzene rings is 1. The summed E-state index contributed by atoms with van der Waals surface area (Å²) in [5.74, 6) is 0.546. The van der Waals surface area contributed by atoms with Gasteiger partial charge in [0.25, 0.3) is 0 Å². The second kappa shape index (κ2) is 8.54. The molecule has 5 heterocycles. The van der Waals surface area contributed by atoms with Gasteiger partial charge in [0.15, 0.2) is 0 Å². The number of aromatic hydroxyl groups is 1. The molecule has 9 nitrogen and oxygen atoms in total. The molecule has 4 aliphatic rings. The molecule has 3 N–H and O–H groups in total. The van der Waals surface area contributed by atoms with Crippen LogP contribution in [0.3, 0.4) is 0 Å². The lowest BCUT2D eigenvalue weighted by Crippen LogP contribution is -2.59. The van der Waals surface area contributed by atoms with Crippen molar-refractivity contribution >= 4 is 11.8 Å². The van der Waals surface area contributed by atoms with Gasteiger partial charge in [-0.1, -0.05) is 17.3 Å². The van der Waals surface area contributed by atoms with E-state index < -0.39 is 0 Å². The van der Waals surface area contributed by atoms with Crippen molar-refractivity contribution in [2.75, 3.05) is 26.2 Å². The quantitative estimate of drug-likeness (QED) is 0.722. The molecule has 2 bridgehead atoms. The minimum absolute atomic E-state index is 0.0451. The van der Waals surface area contributed by atoms with Crippen LogP contribution in [0.1, 0.15) is 25.7 Å². The monoisotopic (exact) mass is 438 g/mol. The molecule has 4 atom stereocenters. The van der Waals surface area contributed by atoms with E-state index in [2.05, 4.69) is 15.2 Å². The third kappa shape index (κ3) is 4.09. The van der Waals surface area contributed by atoms with E-state index >= 15 is 0 Å². The van der Waals surface area contributed by atoms with E-state index in [0.717, 1.165) is 43.7 Å². The van der Waals surface area contributed by atoms with Crippen molar-refractivity contribution in [3.63, 3.8) is 0 Å². The molecule has 170 valence electrons. The predicted octanol–water partition coefficient (Wildman–Crippen LogP) is 1.08. The molecule has 2 amide bonds. The lowest BCUT2D eigenvalue weighted by atomic mass is 9.74. The van der Waals surface area contributed by atoms with E-state index in [9.17, 15) is 14.7 Å². The Balaban J connectivity index is 1.20. The van der Waals surface area contributed by atoms with Crippen LogP contribution in [0, 0.1) is 17.8 Å². The zero-order valence-corrected chi connectivity index (χ0v) is 18.1. The van der Waals surface area contributed by atoms with E-state index in [1.807, 2.05) is 21.8 Å². The number of carbonyl (C=O) groups is 2. The second-order valence-corrected chi connectivity index (χ2v) is 9.42. The molecular formula is C23H30N6O3. The van der Waals surface area contributed by atoms with Gasteiger partial charge in [-0.3, -0.25) is 19.2 Å². The summed E-state index contributed by atoms with van der Waals surface area (Å²) in [5, 5.41) is 18.3. The summed E-state index contributed by atoms with van der Waals surface area (Å²) in [4.78, 5) is 29.0. The van der Waals surface area contributed by atoms with Crippen LogP contribution >= 0.6 is 0 Å². The van der Waals surface area contributed by atoms with Crippen LogP contribution in [0.15, 0.2) is 30.5 Å². The molecule has 4 aliphatic heterocycles. The Morgan fingerprint density at radius 1 is 1.16 bits per heavy atom. The number of primary amides is 1. The van der Waals surface area contributed by atoms with Crippen LogP contribution in [0.25, 0.3) is 11.3 Å². The lowest BCUT2D eigenvalue weighted by molar-refractivity contribution is -0.146. The van der Waals surface area contributed by atoms with Gasteiger partial charge in [0.05, 0.1) is 18.7 Å². The fraction of sp³-hybridized carbons (Fsp3) is 0.565. The standard InChI is InChI=1S/C23H30N6O3/c24-22(31)15-4-7-27(8-5-15)23(32)20-13-28-9-6-16(20)10-18(28)12-29-14-21(25-26-29)17-2-1-3-19(30)11-17/h1-3,11,14-16,18,20,30H,4-10,12-13H2,(H2,24,31)/t16-,18-,20+/m1/s1. The number of fused-ring (bicyclic) bond motifs is 3. The van der Waals surface area contributed by atoms with Crippen LogP contribution in [0.4, 0.5) is 0 Å². The van der Waals surface area contributed by atoms with Crippen LogP contribution in [0.2, 0.25) is 0 Å². The Labute approximate surface area is 187 Å². The smallest absolute Gasteiger partial charge is 0.227 e. The zero-order chi connectivity index (χ0) is 22.2. The van der Waals surface area contributed by atoms with E-state index in [1.165, 1.54) is 0 Å². The number of nitrogens with two attached hydrogens (primary N) is 1. The third-order valence-electron chi connectivity index (χ3n) is 7.48. The van der Waals surface area contributed by atoms with E-state index in [0.29, 0.717) is 37.9 Å². The Morgan fingerprint density at radius 3 is 2.66 bits per heavy atom. The van der Waals surface area contributed by atoms with Crippen molar-refractivity contribution in [1.82, 2.24) is 24.8 Å². The fourth-order valence-corrected chi connectivity index (χ4v) is 5.63. The highest BCUT2D eigenvalue weighted by Crippen LogP contribution is 2.38. The predicted molar refractivity (Wildman–Crippen MR) is 117 cm³/mol. The van der Waals surface area contributed by atoms with Crippen molar-refractivity contribution < 1.29 is 14.7 Å². The van der Waals surface area contributed by atoms with Gasteiger partial charge in [-0.05, 0) is 50.3 Å². The van der Waals surface area contributed by atoms with E-state index in [1.54, 1.807) is 18.2 Å². The molecule has 0 aliphatic carbocycles. The Hall–Kier alpha value is -2.94. The number of rotatable bonds is 5. The fourth-order valence-electron chi connectivity index (χ4n) is 5.63. The number of aromatic nitrogens is 3. The van der Waals surface area contributed by atoms with Crippen LogP contribution < -0.4 is 5.73 Å². The van der Waals surface area contributed by atoms with Gasteiger partial charge in [0, 0.05) is 37.2 Å². The summed E-state index contributed by atoms with van der Waals surface area (Å²) >= 11 is 0. The van der Waals surface area contributed by atoms with Crippen LogP contribution in [-0.4, -0.2) is 73.9 Å². The molecule has 2 aromatic rings. The third-order valence-corrected chi connectivity index (χ3v) is 7.48. The molecule has 0 spiro atoms. The SMILES string of the molecule is NC(=O)C1CCN(C(=O)[C@H]2CN3CC[C@@H]2C[C@@H]3Cn2cc(-c3cccc(O)c3)nn2)CC1. The van der Waals surface area contributed by atoms with Gasteiger partial charge in [-0.15, -0.1) is 5.10 Å². The molecule has 1 unspecified atom stereocenters. The Bertz CT molecular complexity index is 999. The van der Waals surface area contributed by atoms with Crippen molar-refractivity contribution in [2.24, 2.45) is 23.5 Å². The van der Waals surface area contributed by atoms with Crippen molar-refractivity contribution in [1.29, 1.82) is 0 Å². The van der Waals surface area contributed by atoms with Crippen molar-refractivity contribution in [2.45, 2.75) is 38.3 Å². The van der Waals surface area contributed by atoms with Crippen LogP contribution in [0.5, 0.6) is 5.75 Å². The highest BCUT2D eigenvalue weighted by molar-refractivity contribution is 5.81. The molecule has 0 radical (unpaired) electrons.